The lowest BCUT2D eigenvalue weighted by atomic mass is 10.1. The zero-order chi connectivity index (χ0) is 18.4. The van der Waals surface area contributed by atoms with Crippen molar-refractivity contribution in [3.8, 4) is 11.5 Å². The fourth-order valence-corrected chi connectivity index (χ4v) is 3.53. The Bertz CT molecular complexity index is 1130. The summed E-state index contributed by atoms with van der Waals surface area (Å²) in [6, 6.07) is 13.7. The van der Waals surface area contributed by atoms with Crippen LogP contribution in [0.1, 0.15) is 18.2 Å². The molecule has 0 saturated carbocycles. The number of aromatic nitrogens is 3. The molecule has 1 aliphatic heterocycles. The standard InChI is InChI=1S/C20H15FN4O2/c21-13-4-6-14(7-5-13)25-11-12(10-18(25)26)19-23-20(27-24-19)16-2-1-3-17-15(16)8-9-22-17/h1-9,12,22H,10-11H2. The van der Waals surface area contributed by atoms with Crippen LogP contribution in [-0.4, -0.2) is 27.6 Å². The Hall–Kier alpha value is -3.48. The summed E-state index contributed by atoms with van der Waals surface area (Å²) in [6.07, 6.45) is 2.16. The summed E-state index contributed by atoms with van der Waals surface area (Å²) in [4.78, 5) is 21.7. The number of carbonyl (C=O) groups excluding carboxylic acids is 1. The molecule has 1 atom stereocenters. The Morgan fingerprint density at radius 2 is 2.00 bits per heavy atom. The first-order valence-electron chi connectivity index (χ1n) is 8.65. The Labute approximate surface area is 153 Å². The maximum Gasteiger partial charge on any atom is 0.258 e. The number of hydrogen-bond donors (Lipinski definition) is 1. The first kappa shape index (κ1) is 15.7. The fourth-order valence-electron chi connectivity index (χ4n) is 3.53. The highest BCUT2D eigenvalue weighted by molar-refractivity contribution is 5.96. The number of benzene rings is 2. The topological polar surface area (TPSA) is 75.0 Å². The van der Waals surface area contributed by atoms with Crippen molar-refractivity contribution in [2.75, 3.05) is 11.4 Å². The summed E-state index contributed by atoms with van der Waals surface area (Å²) in [7, 11) is 0. The van der Waals surface area contributed by atoms with Crippen molar-refractivity contribution < 1.29 is 13.7 Å². The van der Waals surface area contributed by atoms with Crippen LogP contribution in [-0.2, 0) is 4.79 Å². The van der Waals surface area contributed by atoms with Crippen LogP contribution in [0.5, 0.6) is 0 Å². The average molecular weight is 362 g/mol. The molecule has 7 heteroatoms. The molecule has 1 fully saturated rings. The number of H-pyrrole nitrogens is 1. The zero-order valence-corrected chi connectivity index (χ0v) is 14.2. The van der Waals surface area contributed by atoms with Crippen molar-refractivity contribution in [1.82, 2.24) is 15.1 Å². The van der Waals surface area contributed by atoms with Crippen LogP contribution in [0, 0.1) is 5.82 Å². The van der Waals surface area contributed by atoms with Crippen molar-refractivity contribution in [2.45, 2.75) is 12.3 Å². The minimum absolute atomic E-state index is 0.0364. The van der Waals surface area contributed by atoms with Crippen molar-refractivity contribution in [3.05, 3.63) is 66.4 Å². The van der Waals surface area contributed by atoms with Crippen LogP contribution in [0.4, 0.5) is 10.1 Å². The number of anilines is 1. The lowest BCUT2D eigenvalue weighted by Gasteiger charge is -2.15. The molecule has 0 aliphatic carbocycles. The van der Waals surface area contributed by atoms with Gasteiger partial charge in [-0.2, -0.15) is 4.98 Å². The molecule has 134 valence electrons. The van der Waals surface area contributed by atoms with Gasteiger partial charge in [-0.15, -0.1) is 0 Å². The SMILES string of the molecule is O=C1CC(c2noc(-c3cccc4[nH]ccc34)n2)CN1c1ccc(F)cc1. The number of aromatic amines is 1. The first-order chi connectivity index (χ1) is 13.2. The van der Waals surface area contributed by atoms with Gasteiger partial charge in [0.1, 0.15) is 5.82 Å². The molecule has 0 bridgehead atoms. The van der Waals surface area contributed by atoms with Crippen LogP contribution in [0.15, 0.2) is 59.3 Å². The van der Waals surface area contributed by atoms with Crippen LogP contribution >= 0.6 is 0 Å². The lowest BCUT2D eigenvalue weighted by molar-refractivity contribution is -0.117. The van der Waals surface area contributed by atoms with Crippen LogP contribution in [0.3, 0.4) is 0 Å². The van der Waals surface area contributed by atoms with E-state index in [2.05, 4.69) is 15.1 Å². The van der Waals surface area contributed by atoms with E-state index in [9.17, 15) is 9.18 Å². The largest absolute Gasteiger partial charge is 0.361 e. The lowest BCUT2D eigenvalue weighted by Crippen LogP contribution is -2.24. The minimum Gasteiger partial charge on any atom is -0.361 e. The van der Waals surface area contributed by atoms with E-state index in [1.807, 2.05) is 30.5 Å². The van der Waals surface area contributed by atoms with Crippen molar-refractivity contribution in [3.63, 3.8) is 0 Å². The summed E-state index contributed by atoms with van der Waals surface area (Å²) in [5.74, 6) is 0.415. The van der Waals surface area contributed by atoms with Gasteiger partial charge in [-0.05, 0) is 42.5 Å². The molecule has 2 aromatic carbocycles. The van der Waals surface area contributed by atoms with Gasteiger partial charge in [-0.3, -0.25) is 4.79 Å². The molecule has 2 aromatic heterocycles. The van der Waals surface area contributed by atoms with Crippen molar-refractivity contribution >= 4 is 22.5 Å². The minimum atomic E-state index is -0.330. The van der Waals surface area contributed by atoms with Gasteiger partial charge in [-0.1, -0.05) is 11.2 Å². The Morgan fingerprint density at radius 3 is 2.85 bits per heavy atom. The highest BCUT2D eigenvalue weighted by Crippen LogP contribution is 2.33. The van der Waals surface area contributed by atoms with Gasteiger partial charge in [0.05, 0.1) is 0 Å². The Balaban J connectivity index is 1.43. The molecule has 5 rings (SSSR count). The van der Waals surface area contributed by atoms with Crippen molar-refractivity contribution in [2.24, 2.45) is 0 Å². The number of amides is 1. The maximum absolute atomic E-state index is 13.1. The molecule has 4 aromatic rings. The summed E-state index contributed by atoms with van der Waals surface area (Å²) < 4.78 is 18.6. The third-order valence-corrected chi connectivity index (χ3v) is 4.90. The van der Waals surface area contributed by atoms with Crippen LogP contribution in [0.25, 0.3) is 22.4 Å². The molecule has 1 amide bonds. The monoisotopic (exact) mass is 362 g/mol. The van der Waals surface area contributed by atoms with Gasteiger partial charge in [-0.25, -0.2) is 4.39 Å². The van der Waals surface area contributed by atoms with E-state index >= 15 is 0 Å². The fraction of sp³-hybridized carbons (Fsp3) is 0.150. The summed E-state index contributed by atoms with van der Waals surface area (Å²) in [6.45, 7) is 0.442. The quantitative estimate of drug-likeness (QED) is 0.600. The normalized spacial score (nSPS) is 17.1. The smallest absolute Gasteiger partial charge is 0.258 e. The Morgan fingerprint density at radius 1 is 1.15 bits per heavy atom. The predicted octanol–water partition coefficient (Wildman–Crippen LogP) is 3.88. The number of hydrogen-bond acceptors (Lipinski definition) is 4. The first-order valence-corrected chi connectivity index (χ1v) is 8.65. The molecule has 6 nitrogen and oxygen atoms in total. The maximum atomic E-state index is 13.1. The molecule has 1 N–H and O–H groups in total. The van der Waals surface area contributed by atoms with E-state index in [1.54, 1.807) is 17.0 Å². The van der Waals surface area contributed by atoms with Gasteiger partial charge >= 0.3 is 0 Å². The highest BCUT2D eigenvalue weighted by atomic mass is 19.1. The summed E-state index contributed by atoms with van der Waals surface area (Å²) in [5, 5.41) is 5.11. The average Bonchev–Trinajstić information content (AvgIpc) is 3.41. The summed E-state index contributed by atoms with van der Waals surface area (Å²) in [5.41, 5.74) is 2.52. The predicted molar refractivity (Wildman–Crippen MR) is 97.7 cm³/mol. The summed E-state index contributed by atoms with van der Waals surface area (Å²) >= 11 is 0. The molecule has 1 aliphatic rings. The van der Waals surface area contributed by atoms with Crippen molar-refractivity contribution in [1.29, 1.82) is 0 Å². The number of rotatable bonds is 3. The van der Waals surface area contributed by atoms with E-state index < -0.39 is 0 Å². The second-order valence-electron chi connectivity index (χ2n) is 6.58. The van der Waals surface area contributed by atoms with Gasteiger partial charge in [0.25, 0.3) is 5.89 Å². The number of nitrogens with one attached hydrogen (secondary N) is 1. The molecule has 0 radical (unpaired) electrons. The van der Waals surface area contributed by atoms with Crippen LogP contribution < -0.4 is 4.90 Å². The molecular formula is C20H15FN4O2. The number of carbonyl (C=O) groups is 1. The number of fused-ring (bicyclic) bond motifs is 1. The zero-order valence-electron chi connectivity index (χ0n) is 14.2. The molecule has 1 unspecified atom stereocenters. The number of nitrogens with zero attached hydrogens (tertiary/aromatic N) is 3. The van der Waals surface area contributed by atoms with Gasteiger partial charge in [0.15, 0.2) is 5.82 Å². The van der Waals surface area contributed by atoms with Gasteiger partial charge in [0.2, 0.25) is 5.91 Å². The molecule has 3 heterocycles. The molecular weight excluding hydrogens is 347 g/mol. The van der Waals surface area contributed by atoms with E-state index in [0.717, 1.165) is 16.5 Å². The van der Waals surface area contributed by atoms with E-state index in [-0.39, 0.29) is 17.6 Å². The number of halogens is 1. The van der Waals surface area contributed by atoms with E-state index in [1.165, 1.54) is 12.1 Å². The third kappa shape index (κ3) is 2.68. The van der Waals surface area contributed by atoms with E-state index in [4.69, 9.17) is 4.52 Å². The van der Waals surface area contributed by atoms with Gasteiger partial charge < -0.3 is 14.4 Å². The highest BCUT2D eigenvalue weighted by Gasteiger charge is 2.34. The molecule has 27 heavy (non-hydrogen) atoms. The van der Waals surface area contributed by atoms with Gasteiger partial charge in [0, 0.05) is 47.2 Å². The third-order valence-electron chi connectivity index (χ3n) is 4.90. The van der Waals surface area contributed by atoms with E-state index in [0.29, 0.717) is 30.4 Å². The molecule has 0 spiro atoms. The Kier molecular flexibility index (Phi) is 3.53. The molecule has 1 saturated heterocycles. The second-order valence-corrected chi connectivity index (χ2v) is 6.58. The second kappa shape index (κ2) is 6.05. The van der Waals surface area contributed by atoms with Crippen LogP contribution in [0.2, 0.25) is 0 Å².